The van der Waals surface area contributed by atoms with Gasteiger partial charge in [-0.25, -0.2) is 8.78 Å². The Labute approximate surface area is 97.4 Å². The molecule has 0 radical (unpaired) electrons. The average Bonchev–Trinajstić information content (AvgIpc) is 2.21. The summed E-state index contributed by atoms with van der Waals surface area (Å²) >= 11 is 0. The van der Waals surface area contributed by atoms with Gasteiger partial charge in [-0.15, -0.1) is 0 Å². The Balaban J connectivity index is 1.94. The molecule has 1 aliphatic heterocycles. The molecule has 4 nitrogen and oxygen atoms in total. The summed E-state index contributed by atoms with van der Waals surface area (Å²) in [5.41, 5.74) is 5.15. The molecule has 0 spiro atoms. The number of para-hydroxylation sites is 1. The van der Waals surface area contributed by atoms with Crippen LogP contribution in [-0.4, -0.2) is 36.5 Å². The zero-order valence-corrected chi connectivity index (χ0v) is 9.12. The Bertz CT molecular complexity index is 412. The van der Waals surface area contributed by atoms with E-state index in [1.165, 1.54) is 6.07 Å². The number of anilines is 1. The van der Waals surface area contributed by atoms with Crippen LogP contribution in [0.1, 0.15) is 0 Å². The van der Waals surface area contributed by atoms with E-state index in [0.29, 0.717) is 13.1 Å². The Morgan fingerprint density at radius 3 is 2.53 bits per heavy atom. The van der Waals surface area contributed by atoms with Crippen LogP contribution >= 0.6 is 0 Å². The van der Waals surface area contributed by atoms with Crippen LogP contribution in [0.2, 0.25) is 0 Å². The van der Waals surface area contributed by atoms with Crippen molar-refractivity contribution in [1.29, 1.82) is 0 Å². The van der Waals surface area contributed by atoms with Crippen molar-refractivity contribution < 1.29 is 13.6 Å². The minimum Gasteiger partial charge on any atom is -0.325 e. The van der Waals surface area contributed by atoms with E-state index in [0.717, 1.165) is 12.1 Å². The molecule has 0 unspecified atom stereocenters. The van der Waals surface area contributed by atoms with Crippen LogP contribution in [0.3, 0.4) is 0 Å². The van der Waals surface area contributed by atoms with E-state index in [1.807, 2.05) is 0 Å². The van der Waals surface area contributed by atoms with Gasteiger partial charge in [0.15, 0.2) is 0 Å². The fourth-order valence-corrected chi connectivity index (χ4v) is 1.74. The molecule has 17 heavy (non-hydrogen) atoms. The number of nitrogens with zero attached hydrogens (tertiary/aromatic N) is 1. The number of carbonyl (C=O) groups excluding carboxylic acids is 1. The fraction of sp³-hybridized carbons (Fsp3) is 0.364. The van der Waals surface area contributed by atoms with Crippen molar-refractivity contribution >= 4 is 11.6 Å². The molecule has 0 aromatic heterocycles. The summed E-state index contributed by atoms with van der Waals surface area (Å²) in [5, 5.41) is 2.22. The highest BCUT2D eigenvalue weighted by Gasteiger charge is 2.25. The Hall–Kier alpha value is -1.53. The van der Waals surface area contributed by atoms with Gasteiger partial charge in [-0.3, -0.25) is 9.69 Å². The minimum atomic E-state index is -0.779. The molecule has 1 saturated heterocycles. The van der Waals surface area contributed by atoms with Crippen molar-refractivity contribution in [3.8, 4) is 0 Å². The highest BCUT2D eigenvalue weighted by atomic mass is 19.1. The zero-order chi connectivity index (χ0) is 12.4. The molecular weight excluding hydrogens is 228 g/mol. The lowest BCUT2D eigenvalue weighted by molar-refractivity contribution is -0.118. The van der Waals surface area contributed by atoms with E-state index in [4.69, 9.17) is 5.73 Å². The van der Waals surface area contributed by atoms with Gasteiger partial charge >= 0.3 is 0 Å². The minimum absolute atomic E-state index is 0.0907. The third-order valence-electron chi connectivity index (χ3n) is 2.58. The molecule has 1 amide bonds. The van der Waals surface area contributed by atoms with Gasteiger partial charge in [0, 0.05) is 19.1 Å². The maximum Gasteiger partial charge on any atom is 0.238 e. The lowest BCUT2D eigenvalue weighted by Gasteiger charge is -2.36. The van der Waals surface area contributed by atoms with Crippen LogP contribution < -0.4 is 11.1 Å². The standard InChI is InChI=1S/C11H13F2N3O/c12-8-2-1-3-9(13)11(8)15-10(17)6-16-4-7(14)5-16/h1-3,7H,4-6,14H2,(H,15,17). The first-order valence-electron chi connectivity index (χ1n) is 5.28. The number of nitrogens with one attached hydrogen (secondary N) is 1. The van der Waals surface area contributed by atoms with Crippen molar-refractivity contribution in [3.63, 3.8) is 0 Å². The second-order valence-electron chi connectivity index (χ2n) is 4.10. The summed E-state index contributed by atoms with van der Waals surface area (Å²) in [6.45, 7) is 1.36. The van der Waals surface area contributed by atoms with Gasteiger partial charge in [0.1, 0.15) is 17.3 Å². The van der Waals surface area contributed by atoms with Gasteiger partial charge in [0.2, 0.25) is 5.91 Å². The number of hydrogen-bond acceptors (Lipinski definition) is 3. The van der Waals surface area contributed by atoms with Crippen molar-refractivity contribution in [2.75, 3.05) is 25.0 Å². The zero-order valence-electron chi connectivity index (χ0n) is 9.12. The van der Waals surface area contributed by atoms with Crippen LogP contribution in [0.4, 0.5) is 14.5 Å². The molecule has 0 aliphatic carbocycles. The van der Waals surface area contributed by atoms with Crippen LogP contribution in [0, 0.1) is 11.6 Å². The van der Waals surface area contributed by atoms with Crippen LogP contribution in [-0.2, 0) is 4.79 Å². The Morgan fingerprint density at radius 2 is 2.00 bits per heavy atom. The van der Waals surface area contributed by atoms with Crippen molar-refractivity contribution in [2.45, 2.75) is 6.04 Å². The van der Waals surface area contributed by atoms with E-state index >= 15 is 0 Å². The van der Waals surface area contributed by atoms with Gasteiger partial charge in [0.25, 0.3) is 0 Å². The van der Waals surface area contributed by atoms with Crippen molar-refractivity contribution in [1.82, 2.24) is 4.90 Å². The summed E-state index contributed by atoms with van der Waals surface area (Å²) in [6.07, 6.45) is 0. The monoisotopic (exact) mass is 241 g/mol. The van der Waals surface area contributed by atoms with Gasteiger partial charge in [-0.05, 0) is 12.1 Å². The summed E-state index contributed by atoms with van der Waals surface area (Å²) in [5.74, 6) is -2.00. The number of nitrogens with two attached hydrogens (primary N) is 1. The number of amides is 1. The van der Waals surface area contributed by atoms with E-state index in [1.54, 1.807) is 4.90 Å². The van der Waals surface area contributed by atoms with Gasteiger partial charge < -0.3 is 11.1 Å². The molecule has 6 heteroatoms. The predicted molar refractivity (Wildman–Crippen MR) is 59.4 cm³/mol. The third-order valence-corrected chi connectivity index (χ3v) is 2.58. The van der Waals surface area contributed by atoms with E-state index < -0.39 is 23.2 Å². The Morgan fingerprint density at radius 1 is 1.41 bits per heavy atom. The van der Waals surface area contributed by atoms with E-state index in [-0.39, 0.29) is 12.6 Å². The number of hydrogen-bond donors (Lipinski definition) is 2. The summed E-state index contributed by atoms with van der Waals surface area (Å²) < 4.78 is 26.4. The van der Waals surface area contributed by atoms with Gasteiger partial charge in [-0.1, -0.05) is 6.07 Å². The molecule has 1 aromatic carbocycles. The normalized spacial score (nSPS) is 16.6. The molecule has 2 rings (SSSR count). The summed E-state index contributed by atoms with van der Waals surface area (Å²) in [6, 6.07) is 3.53. The fourth-order valence-electron chi connectivity index (χ4n) is 1.74. The first-order chi connectivity index (χ1) is 8.06. The van der Waals surface area contributed by atoms with Gasteiger partial charge in [-0.2, -0.15) is 0 Å². The number of rotatable bonds is 3. The SMILES string of the molecule is NC1CN(CC(=O)Nc2c(F)cccc2F)C1. The first kappa shape index (κ1) is 11.9. The predicted octanol–water partition coefficient (Wildman–Crippen LogP) is 0.546. The highest BCUT2D eigenvalue weighted by Crippen LogP contribution is 2.18. The maximum atomic E-state index is 13.2. The van der Waals surface area contributed by atoms with E-state index in [9.17, 15) is 13.6 Å². The average molecular weight is 241 g/mol. The van der Waals surface area contributed by atoms with Crippen molar-refractivity contribution in [3.05, 3.63) is 29.8 Å². The lowest BCUT2D eigenvalue weighted by Crippen LogP contribution is -2.57. The number of benzene rings is 1. The molecule has 3 N–H and O–H groups in total. The smallest absolute Gasteiger partial charge is 0.238 e. The molecule has 0 atom stereocenters. The van der Waals surface area contributed by atoms with Gasteiger partial charge in [0.05, 0.1) is 6.54 Å². The maximum absolute atomic E-state index is 13.2. The molecule has 0 bridgehead atoms. The van der Waals surface area contributed by atoms with Crippen LogP contribution in [0.15, 0.2) is 18.2 Å². The van der Waals surface area contributed by atoms with E-state index in [2.05, 4.69) is 5.32 Å². The lowest BCUT2D eigenvalue weighted by atomic mass is 10.1. The molecule has 92 valence electrons. The molecule has 1 aromatic rings. The second kappa shape index (κ2) is 4.77. The largest absolute Gasteiger partial charge is 0.325 e. The quantitative estimate of drug-likeness (QED) is 0.812. The topological polar surface area (TPSA) is 58.4 Å². The second-order valence-corrected chi connectivity index (χ2v) is 4.10. The first-order valence-corrected chi connectivity index (χ1v) is 5.28. The molecular formula is C11H13F2N3O. The van der Waals surface area contributed by atoms with Crippen LogP contribution in [0.5, 0.6) is 0 Å². The third kappa shape index (κ3) is 2.78. The molecule has 0 saturated carbocycles. The molecule has 1 aliphatic rings. The number of halogens is 2. The molecule has 1 heterocycles. The summed E-state index contributed by atoms with van der Waals surface area (Å²) in [7, 11) is 0. The Kier molecular flexibility index (Phi) is 3.35. The number of carbonyl (C=O) groups is 1. The highest BCUT2D eigenvalue weighted by molar-refractivity contribution is 5.92. The van der Waals surface area contributed by atoms with Crippen molar-refractivity contribution in [2.24, 2.45) is 5.73 Å². The summed E-state index contributed by atoms with van der Waals surface area (Å²) in [4.78, 5) is 13.3. The number of likely N-dealkylation sites (tertiary alicyclic amines) is 1. The van der Waals surface area contributed by atoms with Crippen LogP contribution in [0.25, 0.3) is 0 Å². The molecule has 1 fully saturated rings.